The Hall–Kier alpha value is -2.48. The highest BCUT2D eigenvalue weighted by Crippen LogP contribution is 2.22. The van der Waals surface area contributed by atoms with Crippen LogP contribution in [0.5, 0.6) is 0 Å². The summed E-state index contributed by atoms with van der Waals surface area (Å²) in [6, 6.07) is 2.89. The van der Waals surface area contributed by atoms with Crippen molar-refractivity contribution in [2.45, 2.75) is 26.4 Å². The summed E-state index contributed by atoms with van der Waals surface area (Å²) in [5.41, 5.74) is 0.136. The number of ether oxygens (including phenoxy) is 1. The van der Waals surface area contributed by atoms with Gasteiger partial charge in [-0.3, -0.25) is 9.63 Å². The molecule has 2 heterocycles. The Balaban J connectivity index is 2.10. The van der Waals surface area contributed by atoms with Crippen molar-refractivity contribution in [3.63, 3.8) is 0 Å². The van der Waals surface area contributed by atoms with Crippen LogP contribution in [-0.2, 0) is 9.57 Å². The first-order valence-electron chi connectivity index (χ1n) is 7.42. The summed E-state index contributed by atoms with van der Waals surface area (Å²) in [6.07, 6.45) is 1.05. The summed E-state index contributed by atoms with van der Waals surface area (Å²) < 4.78 is 19.3. The average molecular weight is 337 g/mol. The van der Waals surface area contributed by atoms with Crippen LogP contribution in [0.1, 0.15) is 36.8 Å². The molecule has 24 heavy (non-hydrogen) atoms. The van der Waals surface area contributed by atoms with E-state index in [0.717, 1.165) is 5.06 Å². The molecule has 1 aromatic rings. The van der Waals surface area contributed by atoms with Gasteiger partial charge in [-0.15, -0.1) is 0 Å². The van der Waals surface area contributed by atoms with Crippen molar-refractivity contribution < 1.29 is 23.6 Å². The fraction of sp³-hybridized carbons (Fsp3) is 0.438. The van der Waals surface area contributed by atoms with Gasteiger partial charge in [-0.2, -0.15) is 9.45 Å². The summed E-state index contributed by atoms with van der Waals surface area (Å²) >= 11 is 0. The molecule has 1 aliphatic heterocycles. The number of nitrogens with zero attached hydrogens (tertiary/aromatic N) is 2. The molecule has 0 saturated heterocycles. The van der Waals surface area contributed by atoms with Crippen LogP contribution in [0.15, 0.2) is 18.2 Å². The van der Waals surface area contributed by atoms with Gasteiger partial charge in [-0.25, -0.2) is 9.78 Å². The molecule has 0 radical (unpaired) electrons. The Morgan fingerprint density at radius 3 is 2.58 bits per heavy atom. The molecule has 0 atom stereocenters. The zero-order chi connectivity index (χ0) is 17.9. The van der Waals surface area contributed by atoms with Gasteiger partial charge in [0, 0.05) is 12.6 Å². The van der Waals surface area contributed by atoms with E-state index in [1.54, 1.807) is 26.8 Å². The lowest BCUT2D eigenvalue weighted by molar-refractivity contribution is -0.133. The lowest BCUT2D eigenvalue weighted by Crippen LogP contribution is -2.39. The molecule has 7 nitrogen and oxygen atoms in total. The highest BCUT2D eigenvalue weighted by Gasteiger charge is 2.26. The highest BCUT2D eigenvalue weighted by molar-refractivity contribution is 5.92. The first kappa shape index (κ1) is 17.9. The molecule has 0 unspecified atom stereocenters. The maximum atomic E-state index is 14.1. The van der Waals surface area contributed by atoms with Gasteiger partial charge in [0.2, 0.25) is 5.95 Å². The summed E-state index contributed by atoms with van der Waals surface area (Å²) in [5, 5.41) is 3.45. The predicted molar refractivity (Wildman–Crippen MR) is 84.5 cm³/mol. The zero-order valence-corrected chi connectivity index (χ0v) is 14.1. The van der Waals surface area contributed by atoms with Gasteiger partial charge in [0.05, 0.1) is 6.54 Å². The van der Waals surface area contributed by atoms with Crippen molar-refractivity contribution in [1.82, 2.24) is 15.4 Å². The van der Waals surface area contributed by atoms with Crippen molar-refractivity contribution in [3.8, 4) is 0 Å². The minimum absolute atomic E-state index is 0.00281. The summed E-state index contributed by atoms with van der Waals surface area (Å²) in [5.74, 6) is -1.23. The molecule has 0 bridgehead atoms. The number of hydroxylamine groups is 2. The number of halogens is 1. The molecular weight excluding hydrogens is 317 g/mol. The minimum atomic E-state index is -0.767. The largest absolute Gasteiger partial charge is 0.442 e. The van der Waals surface area contributed by atoms with Crippen LogP contribution in [0.2, 0.25) is 0 Å². The smallest absolute Gasteiger partial charge is 0.434 e. The molecule has 1 N–H and O–H groups in total. The summed E-state index contributed by atoms with van der Waals surface area (Å²) in [4.78, 5) is 32.3. The second-order valence-electron chi connectivity index (χ2n) is 6.16. The van der Waals surface area contributed by atoms with E-state index in [-0.39, 0.29) is 24.4 Å². The Bertz CT molecular complexity index is 682. The number of nitrogens with one attached hydrogen (secondary N) is 1. The predicted octanol–water partition coefficient (Wildman–Crippen LogP) is 2.15. The van der Waals surface area contributed by atoms with Crippen LogP contribution in [0, 0.1) is 5.95 Å². The SMILES string of the molecule is CNC(=O)c1ccc(C2=CCN(C(=O)OC(C)(C)C)OC2)c(F)n1. The van der Waals surface area contributed by atoms with Crippen molar-refractivity contribution in [1.29, 1.82) is 0 Å². The van der Waals surface area contributed by atoms with Crippen LogP contribution in [0.3, 0.4) is 0 Å². The number of carbonyl (C=O) groups is 2. The van der Waals surface area contributed by atoms with Gasteiger partial charge in [-0.05, 0) is 38.5 Å². The maximum Gasteiger partial charge on any atom is 0.434 e. The number of aromatic nitrogens is 1. The van der Waals surface area contributed by atoms with Gasteiger partial charge in [0.1, 0.15) is 17.9 Å². The van der Waals surface area contributed by atoms with E-state index >= 15 is 0 Å². The van der Waals surface area contributed by atoms with E-state index in [1.807, 2.05) is 0 Å². The molecule has 0 fully saturated rings. The molecule has 0 aliphatic carbocycles. The van der Waals surface area contributed by atoms with E-state index < -0.39 is 23.5 Å². The van der Waals surface area contributed by atoms with E-state index in [4.69, 9.17) is 9.57 Å². The second kappa shape index (κ2) is 6.96. The van der Waals surface area contributed by atoms with Crippen molar-refractivity contribution >= 4 is 17.6 Å². The molecule has 1 aliphatic rings. The monoisotopic (exact) mass is 337 g/mol. The molecule has 8 heteroatoms. The quantitative estimate of drug-likeness (QED) is 0.836. The first-order valence-corrected chi connectivity index (χ1v) is 7.42. The number of hydrogen-bond donors (Lipinski definition) is 1. The lowest BCUT2D eigenvalue weighted by Gasteiger charge is -2.28. The van der Waals surface area contributed by atoms with Gasteiger partial charge in [0.15, 0.2) is 0 Å². The number of hydrogen-bond acceptors (Lipinski definition) is 5. The number of amides is 2. The second-order valence-corrected chi connectivity index (χ2v) is 6.16. The minimum Gasteiger partial charge on any atom is -0.442 e. The Morgan fingerprint density at radius 1 is 1.38 bits per heavy atom. The molecule has 2 amide bonds. The standard InChI is InChI=1S/C16H20FN3O4/c1-16(2,3)24-15(22)20-8-7-10(9-23-20)11-5-6-12(14(21)18-4)19-13(11)17/h5-7H,8-9H2,1-4H3,(H,18,21). The van der Waals surface area contributed by atoms with E-state index in [0.29, 0.717) is 5.57 Å². The fourth-order valence-corrected chi connectivity index (χ4v) is 2.01. The van der Waals surface area contributed by atoms with Crippen LogP contribution >= 0.6 is 0 Å². The molecule has 2 rings (SSSR count). The van der Waals surface area contributed by atoms with Crippen LogP contribution in [0.4, 0.5) is 9.18 Å². The van der Waals surface area contributed by atoms with Crippen LogP contribution in [0.25, 0.3) is 5.57 Å². The van der Waals surface area contributed by atoms with Crippen molar-refractivity contribution in [3.05, 3.63) is 35.4 Å². The highest BCUT2D eigenvalue weighted by atomic mass is 19.1. The molecular formula is C16H20FN3O4. The topological polar surface area (TPSA) is 80.8 Å². The van der Waals surface area contributed by atoms with E-state index in [9.17, 15) is 14.0 Å². The third-order valence-corrected chi connectivity index (χ3v) is 3.13. The van der Waals surface area contributed by atoms with Gasteiger partial charge < -0.3 is 10.1 Å². The molecule has 0 aromatic carbocycles. The zero-order valence-electron chi connectivity index (χ0n) is 14.1. The van der Waals surface area contributed by atoms with Gasteiger partial charge in [0.25, 0.3) is 5.91 Å². The maximum absolute atomic E-state index is 14.1. The molecule has 130 valence electrons. The van der Waals surface area contributed by atoms with Gasteiger partial charge >= 0.3 is 6.09 Å². The fourth-order valence-electron chi connectivity index (χ4n) is 2.01. The average Bonchev–Trinajstić information content (AvgIpc) is 2.52. The van der Waals surface area contributed by atoms with E-state index in [1.165, 1.54) is 19.2 Å². The molecule has 1 aromatic heterocycles. The van der Waals surface area contributed by atoms with E-state index in [2.05, 4.69) is 10.3 Å². The Labute approximate surface area is 139 Å². The molecule has 0 spiro atoms. The van der Waals surface area contributed by atoms with Crippen LogP contribution in [-0.4, -0.2) is 47.8 Å². The normalized spacial score (nSPS) is 14.9. The summed E-state index contributed by atoms with van der Waals surface area (Å²) in [7, 11) is 1.44. The van der Waals surface area contributed by atoms with Gasteiger partial charge in [-0.1, -0.05) is 6.08 Å². The van der Waals surface area contributed by atoms with Crippen LogP contribution < -0.4 is 5.32 Å². The third kappa shape index (κ3) is 4.29. The number of pyridine rings is 1. The Morgan fingerprint density at radius 2 is 2.08 bits per heavy atom. The Kier molecular flexibility index (Phi) is 5.18. The number of carbonyl (C=O) groups excluding carboxylic acids is 2. The number of rotatable bonds is 2. The third-order valence-electron chi connectivity index (χ3n) is 3.13. The summed E-state index contributed by atoms with van der Waals surface area (Å²) in [6.45, 7) is 5.39. The first-order chi connectivity index (χ1) is 11.2. The lowest BCUT2D eigenvalue weighted by atomic mass is 10.1. The molecule has 0 saturated carbocycles. The van der Waals surface area contributed by atoms with Crippen molar-refractivity contribution in [2.24, 2.45) is 0 Å². The van der Waals surface area contributed by atoms with Crippen molar-refractivity contribution in [2.75, 3.05) is 20.2 Å².